The zero-order valence-corrected chi connectivity index (χ0v) is 12.6. The molecule has 0 saturated carbocycles. The number of esters is 1. The van der Waals surface area contributed by atoms with Gasteiger partial charge in [0.15, 0.2) is 6.10 Å². The lowest BCUT2D eigenvalue weighted by Crippen LogP contribution is -2.59. The molecule has 9 heteroatoms. The van der Waals surface area contributed by atoms with Gasteiger partial charge >= 0.3 is 5.97 Å². The summed E-state index contributed by atoms with van der Waals surface area (Å²) in [5.41, 5.74) is 5.98. The summed E-state index contributed by atoms with van der Waals surface area (Å²) >= 11 is 0. The molecule has 0 spiro atoms. The molecule has 2 aliphatic rings. The molecule has 1 fully saturated rings. The molecule has 24 heavy (non-hydrogen) atoms. The number of carbonyl (C=O) groups is 5. The second-order valence-electron chi connectivity index (χ2n) is 5.45. The standard InChI is InChI=1S/C15H13N3O6/c1-6(19)24-10-5-9(12(20)17-13(10)21)18-14(22)7-3-2-4-8(16)11(7)15(18)23/h2-4,9-10H,5,16H2,1H3,(H,17,20,21)/t9-,10+/m1/s1. The maximum atomic E-state index is 12.5. The number of nitrogens with two attached hydrogens (primary N) is 1. The summed E-state index contributed by atoms with van der Waals surface area (Å²) < 4.78 is 4.84. The van der Waals surface area contributed by atoms with E-state index in [1.165, 1.54) is 18.2 Å². The molecule has 4 amide bonds. The first-order chi connectivity index (χ1) is 11.3. The van der Waals surface area contributed by atoms with E-state index in [-0.39, 0.29) is 23.2 Å². The van der Waals surface area contributed by atoms with E-state index in [9.17, 15) is 24.0 Å². The highest BCUT2D eigenvalue weighted by molar-refractivity contribution is 6.25. The average Bonchev–Trinajstić information content (AvgIpc) is 2.75. The van der Waals surface area contributed by atoms with Crippen molar-refractivity contribution in [1.82, 2.24) is 10.2 Å². The Labute approximate surface area is 135 Å². The minimum atomic E-state index is -1.26. The number of rotatable bonds is 2. The van der Waals surface area contributed by atoms with E-state index < -0.39 is 41.7 Å². The van der Waals surface area contributed by atoms with Gasteiger partial charge in [-0.1, -0.05) is 6.07 Å². The highest BCUT2D eigenvalue weighted by Gasteiger charge is 2.48. The second kappa shape index (κ2) is 5.44. The third-order valence-corrected chi connectivity index (χ3v) is 3.88. The first-order valence-electron chi connectivity index (χ1n) is 7.09. The van der Waals surface area contributed by atoms with E-state index in [2.05, 4.69) is 0 Å². The fourth-order valence-electron chi connectivity index (χ4n) is 2.84. The molecule has 124 valence electrons. The zero-order chi connectivity index (χ0) is 17.6. The lowest BCUT2D eigenvalue weighted by molar-refractivity contribution is -0.159. The maximum Gasteiger partial charge on any atom is 0.303 e. The van der Waals surface area contributed by atoms with Crippen molar-refractivity contribution >= 4 is 35.3 Å². The number of carbonyl (C=O) groups excluding carboxylic acids is 5. The van der Waals surface area contributed by atoms with Crippen molar-refractivity contribution in [3.8, 4) is 0 Å². The maximum absolute atomic E-state index is 12.5. The van der Waals surface area contributed by atoms with Crippen LogP contribution in [0.2, 0.25) is 0 Å². The van der Waals surface area contributed by atoms with E-state index in [1.54, 1.807) is 0 Å². The molecule has 0 bridgehead atoms. The normalized spacial score (nSPS) is 23.1. The number of ether oxygens (including phenoxy) is 1. The van der Waals surface area contributed by atoms with Crippen molar-refractivity contribution in [3.05, 3.63) is 29.3 Å². The van der Waals surface area contributed by atoms with Crippen LogP contribution < -0.4 is 11.1 Å². The predicted octanol–water partition coefficient (Wildman–Crippen LogP) is -0.788. The number of imide groups is 2. The Morgan fingerprint density at radius 3 is 2.54 bits per heavy atom. The molecule has 0 radical (unpaired) electrons. The molecule has 3 N–H and O–H groups in total. The minimum absolute atomic E-state index is 0.0243. The quantitative estimate of drug-likeness (QED) is 0.412. The molecule has 1 aromatic rings. The van der Waals surface area contributed by atoms with Gasteiger partial charge in [-0.25, -0.2) is 0 Å². The van der Waals surface area contributed by atoms with Crippen molar-refractivity contribution in [3.63, 3.8) is 0 Å². The molecule has 2 atom stereocenters. The van der Waals surface area contributed by atoms with Crippen LogP contribution >= 0.6 is 0 Å². The van der Waals surface area contributed by atoms with Gasteiger partial charge in [-0.2, -0.15) is 0 Å². The lowest BCUT2D eigenvalue weighted by atomic mass is 10.0. The minimum Gasteiger partial charge on any atom is -0.452 e. The van der Waals surface area contributed by atoms with Crippen LogP contribution in [0.1, 0.15) is 34.1 Å². The third-order valence-electron chi connectivity index (χ3n) is 3.88. The Morgan fingerprint density at radius 1 is 1.21 bits per heavy atom. The van der Waals surface area contributed by atoms with Crippen LogP contribution in [0.5, 0.6) is 0 Å². The van der Waals surface area contributed by atoms with Gasteiger partial charge in [-0.3, -0.25) is 34.2 Å². The van der Waals surface area contributed by atoms with Crippen LogP contribution in [0.3, 0.4) is 0 Å². The summed E-state index contributed by atoms with van der Waals surface area (Å²) in [6.45, 7) is 1.11. The Bertz CT molecular complexity index is 802. The predicted molar refractivity (Wildman–Crippen MR) is 78.5 cm³/mol. The molecule has 9 nitrogen and oxygen atoms in total. The van der Waals surface area contributed by atoms with Crippen LogP contribution in [0.25, 0.3) is 0 Å². The number of amides is 4. The van der Waals surface area contributed by atoms with Gasteiger partial charge in [0.25, 0.3) is 17.7 Å². The number of anilines is 1. The van der Waals surface area contributed by atoms with Crippen molar-refractivity contribution in [1.29, 1.82) is 0 Å². The highest BCUT2D eigenvalue weighted by atomic mass is 16.5. The van der Waals surface area contributed by atoms with E-state index in [0.717, 1.165) is 11.8 Å². The molecule has 2 heterocycles. The number of benzene rings is 1. The molecule has 0 aliphatic carbocycles. The fraction of sp³-hybridized carbons (Fsp3) is 0.267. The topological polar surface area (TPSA) is 136 Å². The van der Waals surface area contributed by atoms with E-state index in [0.29, 0.717) is 0 Å². The summed E-state index contributed by atoms with van der Waals surface area (Å²) in [6.07, 6.45) is -1.55. The van der Waals surface area contributed by atoms with E-state index in [1.807, 2.05) is 5.32 Å². The molecule has 1 saturated heterocycles. The smallest absolute Gasteiger partial charge is 0.303 e. The van der Waals surface area contributed by atoms with Gasteiger partial charge in [0.2, 0.25) is 5.91 Å². The van der Waals surface area contributed by atoms with Gasteiger partial charge in [-0.15, -0.1) is 0 Å². The highest BCUT2D eigenvalue weighted by Crippen LogP contribution is 2.31. The van der Waals surface area contributed by atoms with Gasteiger partial charge in [0.05, 0.1) is 11.1 Å². The molecule has 0 unspecified atom stereocenters. The third kappa shape index (κ3) is 2.30. The molecule has 3 rings (SSSR count). The van der Waals surface area contributed by atoms with Crippen LogP contribution in [0.15, 0.2) is 18.2 Å². The largest absolute Gasteiger partial charge is 0.452 e. The molecular formula is C15H13N3O6. The Balaban J connectivity index is 1.94. The van der Waals surface area contributed by atoms with E-state index >= 15 is 0 Å². The zero-order valence-electron chi connectivity index (χ0n) is 12.6. The summed E-state index contributed by atoms with van der Waals surface area (Å²) in [6, 6.07) is 3.16. The van der Waals surface area contributed by atoms with Crippen molar-refractivity contribution in [2.75, 3.05) is 5.73 Å². The summed E-state index contributed by atoms with van der Waals surface area (Å²) in [4.78, 5) is 60.7. The number of nitrogens with zero attached hydrogens (tertiary/aromatic N) is 1. The molecule has 0 aromatic heterocycles. The summed E-state index contributed by atoms with van der Waals surface area (Å²) in [7, 11) is 0. The van der Waals surface area contributed by atoms with Crippen LogP contribution in [0, 0.1) is 0 Å². The molecular weight excluding hydrogens is 318 g/mol. The van der Waals surface area contributed by atoms with Crippen LogP contribution in [0.4, 0.5) is 5.69 Å². The molecule has 1 aromatic carbocycles. The number of fused-ring (bicyclic) bond motifs is 1. The Morgan fingerprint density at radius 2 is 1.92 bits per heavy atom. The Kier molecular flexibility index (Phi) is 3.55. The van der Waals surface area contributed by atoms with Gasteiger partial charge in [-0.05, 0) is 12.1 Å². The van der Waals surface area contributed by atoms with Crippen LogP contribution in [-0.4, -0.2) is 46.6 Å². The van der Waals surface area contributed by atoms with Gasteiger partial charge in [0, 0.05) is 19.0 Å². The average molecular weight is 331 g/mol. The number of piperidine rings is 1. The number of nitrogens with one attached hydrogen (secondary N) is 1. The van der Waals surface area contributed by atoms with Crippen LogP contribution in [-0.2, 0) is 19.1 Å². The fourth-order valence-corrected chi connectivity index (χ4v) is 2.84. The molecule has 2 aliphatic heterocycles. The van der Waals surface area contributed by atoms with E-state index in [4.69, 9.17) is 10.5 Å². The van der Waals surface area contributed by atoms with Gasteiger partial charge < -0.3 is 10.5 Å². The van der Waals surface area contributed by atoms with Crippen molar-refractivity contribution < 1.29 is 28.7 Å². The lowest BCUT2D eigenvalue weighted by Gasteiger charge is -2.31. The first-order valence-corrected chi connectivity index (χ1v) is 7.09. The number of nitrogen functional groups attached to an aromatic ring is 1. The van der Waals surface area contributed by atoms with Crippen molar-refractivity contribution in [2.45, 2.75) is 25.5 Å². The second-order valence-corrected chi connectivity index (χ2v) is 5.45. The Hall–Kier alpha value is -3.23. The number of hydrogen-bond acceptors (Lipinski definition) is 7. The van der Waals surface area contributed by atoms with Crippen molar-refractivity contribution in [2.24, 2.45) is 0 Å². The first kappa shape index (κ1) is 15.7. The number of hydrogen-bond donors (Lipinski definition) is 2. The monoisotopic (exact) mass is 331 g/mol. The van der Waals surface area contributed by atoms with Gasteiger partial charge in [0.1, 0.15) is 6.04 Å². The summed E-state index contributed by atoms with van der Waals surface area (Å²) in [5, 5.41) is 2.01. The SMILES string of the molecule is CC(=O)O[C@H]1C[C@@H](N2C(=O)c3cccc(N)c3C2=O)C(=O)NC1=O. The summed E-state index contributed by atoms with van der Waals surface area (Å²) in [5.74, 6) is -3.71.